The summed E-state index contributed by atoms with van der Waals surface area (Å²) in [5.74, 6) is -4.13. The summed E-state index contributed by atoms with van der Waals surface area (Å²) >= 11 is 6.18. The van der Waals surface area contributed by atoms with E-state index in [4.69, 9.17) is 11.6 Å². The number of hydrogen-bond donors (Lipinski definition) is 2. The number of aromatic nitrogens is 1. The van der Waals surface area contributed by atoms with Gasteiger partial charge < -0.3 is 10.0 Å². The molecule has 7 nitrogen and oxygen atoms in total. The average molecular weight is 505 g/mol. The number of nitrogens with one attached hydrogen (secondary N) is 1. The van der Waals surface area contributed by atoms with Crippen LogP contribution in [0.25, 0.3) is 0 Å². The molecule has 2 fully saturated rings. The number of sulfonamides is 1. The van der Waals surface area contributed by atoms with Gasteiger partial charge in [-0.1, -0.05) is 17.7 Å². The number of anilines is 2. The molecule has 0 spiro atoms. The van der Waals surface area contributed by atoms with Crippen molar-refractivity contribution in [1.82, 2.24) is 9.88 Å². The highest BCUT2D eigenvalue weighted by Gasteiger charge is 2.44. The molecule has 12 heteroatoms. The minimum Gasteiger partial charge on any atom is -0.393 e. The fourth-order valence-corrected chi connectivity index (χ4v) is 5.92. The number of benzene rings is 1. The molecule has 0 radical (unpaired) electrons. The SMILES string of the molecule is CN(C1CC(O)C1)C1(C)CCN(c2cc(F)c(S(=O)(=O)Nc3cccc(F)n3)c(F)c2Cl)C1. The molecule has 1 aromatic heterocycles. The Labute approximate surface area is 195 Å². The van der Waals surface area contributed by atoms with E-state index in [1.165, 1.54) is 6.07 Å². The monoisotopic (exact) mass is 504 g/mol. The lowest BCUT2D eigenvalue weighted by molar-refractivity contribution is -0.0254. The molecule has 2 heterocycles. The second-order valence-electron chi connectivity index (χ2n) is 8.84. The first-order valence-corrected chi connectivity index (χ1v) is 12.3. The summed E-state index contributed by atoms with van der Waals surface area (Å²) < 4.78 is 70.4. The fourth-order valence-electron chi connectivity index (χ4n) is 4.45. The molecule has 0 bridgehead atoms. The molecule has 1 atom stereocenters. The van der Waals surface area contributed by atoms with E-state index in [1.807, 2.05) is 18.7 Å². The van der Waals surface area contributed by atoms with E-state index in [2.05, 4.69) is 9.88 Å². The van der Waals surface area contributed by atoms with Crippen molar-refractivity contribution in [3.8, 4) is 0 Å². The van der Waals surface area contributed by atoms with Crippen LogP contribution in [0.3, 0.4) is 0 Å². The van der Waals surface area contributed by atoms with E-state index >= 15 is 4.39 Å². The van der Waals surface area contributed by atoms with Crippen LogP contribution in [0.1, 0.15) is 26.2 Å². The van der Waals surface area contributed by atoms with E-state index in [9.17, 15) is 22.3 Å². The molecule has 1 saturated heterocycles. The van der Waals surface area contributed by atoms with Gasteiger partial charge in [-0.3, -0.25) is 9.62 Å². The molecule has 1 aromatic carbocycles. The molecule has 1 unspecified atom stereocenters. The number of aliphatic hydroxyl groups excluding tert-OH is 1. The van der Waals surface area contributed by atoms with Gasteiger partial charge in [0.15, 0.2) is 10.7 Å². The van der Waals surface area contributed by atoms with E-state index in [1.54, 1.807) is 4.90 Å². The number of nitrogens with zero attached hydrogens (tertiary/aromatic N) is 3. The van der Waals surface area contributed by atoms with Crippen molar-refractivity contribution < 1.29 is 26.7 Å². The molecule has 1 aliphatic carbocycles. The first-order chi connectivity index (χ1) is 15.4. The predicted molar refractivity (Wildman–Crippen MR) is 118 cm³/mol. The number of pyridine rings is 1. The molecule has 1 saturated carbocycles. The molecular formula is C21H24ClF3N4O3S. The van der Waals surface area contributed by atoms with Crippen molar-refractivity contribution in [3.63, 3.8) is 0 Å². The van der Waals surface area contributed by atoms with Crippen LogP contribution in [-0.4, -0.2) is 61.2 Å². The summed E-state index contributed by atoms with van der Waals surface area (Å²) in [6.07, 6.45) is 1.75. The van der Waals surface area contributed by atoms with Crippen molar-refractivity contribution in [2.24, 2.45) is 0 Å². The van der Waals surface area contributed by atoms with Gasteiger partial charge in [-0.05, 0) is 45.4 Å². The minimum atomic E-state index is -4.77. The van der Waals surface area contributed by atoms with Crippen LogP contribution in [0.4, 0.5) is 24.7 Å². The van der Waals surface area contributed by atoms with Crippen molar-refractivity contribution in [2.45, 2.75) is 48.8 Å². The highest BCUT2D eigenvalue weighted by molar-refractivity contribution is 7.92. The summed E-state index contributed by atoms with van der Waals surface area (Å²) in [5, 5.41) is 9.09. The van der Waals surface area contributed by atoms with Crippen molar-refractivity contribution in [3.05, 3.63) is 46.9 Å². The summed E-state index contributed by atoms with van der Waals surface area (Å²) in [5.41, 5.74) is -0.253. The van der Waals surface area contributed by atoms with Gasteiger partial charge >= 0.3 is 0 Å². The summed E-state index contributed by atoms with van der Waals surface area (Å²) in [6.45, 7) is 2.92. The van der Waals surface area contributed by atoms with Gasteiger partial charge in [0.2, 0.25) is 5.95 Å². The Morgan fingerprint density at radius 2 is 2.00 bits per heavy atom. The second kappa shape index (κ2) is 8.61. The van der Waals surface area contributed by atoms with Crippen LogP contribution >= 0.6 is 11.6 Å². The lowest BCUT2D eigenvalue weighted by Gasteiger charge is -2.47. The maximum absolute atomic E-state index is 15.1. The predicted octanol–water partition coefficient (Wildman–Crippen LogP) is 3.38. The normalized spacial score (nSPS) is 25.4. The number of rotatable bonds is 6. The van der Waals surface area contributed by atoms with Crippen molar-refractivity contribution in [1.29, 1.82) is 0 Å². The largest absolute Gasteiger partial charge is 0.393 e. The Hall–Kier alpha value is -2.08. The smallest absolute Gasteiger partial charge is 0.268 e. The van der Waals surface area contributed by atoms with Crippen LogP contribution in [0.5, 0.6) is 0 Å². The number of aliphatic hydroxyl groups is 1. The van der Waals surface area contributed by atoms with Crippen molar-refractivity contribution in [2.75, 3.05) is 29.8 Å². The van der Waals surface area contributed by atoms with Gasteiger partial charge in [-0.25, -0.2) is 22.2 Å². The Morgan fingerprint density at radius 1 is 1.30 bits per heavy atom. The van der Waals surface area contributed by atoms with Gasteiger partial charge in [0, 0.05) is 30.7 Å². The van der Waals surface area contributed by atoms with E-state index in [0.717, 1.165) is 18.2 Å². The van der Waals surface area contributed by atoms with Crippen LogP contribution in [0.2, 0.25) is 5.02 Å². The molecule has 1 aliphatic heterocycles. The molecule has 33 heavy (non-hydrogen) atoms. The first kappa shape index (κ1) is 24.1. The number of likely N-dealkylation sites (N-methyl/N-ethyl adjacent to an activating group) is 1. The highest BCUT2D eigenvalue weighted by atomic mass is 35.5. The first-order valence-electron chi connectivity index (χ1n) is 10.4. The maximum atomic E-state index is 15.1. The zero-order valence-corrected chi connectivity index (χ0v) is 19.6. The molecule has 2 N–H and O–H groups in total. The van der Waals surface area contributed by atoms with Crippen molar-refractivity contribution >= 4 is 33.1 Å². The van der Waals surface area contributed by atoms with Crippen LogP contribution in [0.15, 0.2) is 29.2 Å². The zero-order valence-electron chi connectivity index (χ0n) is 18.0. The lowest BCUT2D eigenvalue weighted by atomic mass is 9.84. The third-order valence-electron chi connectivity index (χ3n) is 6.60. The summed E-state index contributed by atoms with van der Waals surface area (Å²) in [7, 11) is -2.80. The molecule has 180 valence electrons. The lowest BCUT2D eigenvalue weighted by Crippen LogP contribution is -2.56. The van der Waals surface area contributed by atoms with Gasteiger partial charge in [0.05, 0.1) is 11.8 Å². The van der Waals surface area contributed by atoms with E-state index < -0.39 is 43.3 Å². The van der Waals surface area contributed by atoms with E-state index in [0.29, 0.717) is 32.4 Å². The Morgan fingerprint density at radius 3 is 2.64 bits per heavy atom. The molecule has 2 aliphatic rings. The highest BCUT2D eigenvalue weighted by Crippen LogP contribution is 2.41. The summed E-state index contributed by atoms with van der Waals surface area (Å²) in [6, 6.07) is 4.48. The van der Waals surface area contributed by atoms with Gasteiger partial charge in [0.25, 0.3) is 10.0 Å². The Balaban J connectivity index is 1.60. The molecule has 4 rings (SSSR count). The van der Waals surface area contributed by atoms with Crippen LogP contribution < -0.4 is 9.62 Å². The minimum absolute atomic E-state index is 0.0558. The summed E-state index contributed by atoms with van der Waals surface area (Å²) in [4.78, 5) is 5.98. The Bertz CT molecular complexity index is 1180. The number of halogens is 4. The van der Waals surface area contributed by atoms with Crippen LogP contribution in [0, 0.1) is 17.6 Å². The third kappa shape index (κ3) is 4.51. The van der Waals surface area contributed by atoms with Gasteiger partial charge in [-0.15, -0.1) is 0 Å². The quantitative estimate of drug-likeness (QED) is 0.463. The average Bonchev–Trinajstić information content (AvgIpc) is 3.10. The third-order valence-corrected chi connectivity index (χ3v) is 8.35. The molecule has 0 amide bonds. The van der Waals surface area contributed by atoms with Gasteiger partial charge in [-0.2, -0.15) is 4.39 Å². The molecule has 2 aromatic rings. The molecular weight excluding hydrogens is 481 g/mol. The van der Waals surface area contributed by atoms with Gasteiger partial charge in [0.1, 0.15) is 16.7 Å². The Kier molecular flexibility index (Phi) is 6.27. The maximum Gasteiger partial charge on any atom is 0.268 e. The number of hydrogen-bond acceptors (Lipinski definition) is 6. The van der Waals surface area contributed by atoms with E-state index in [-0.39, 0.29) is 23.4 Å². The van der Waals surface area contributed by atoms with Crippen LogP contribution in [-0.2, 0) is 10.0 Å². The standard InChI is InChI=1S/C21H24ClF3N4O3S/c1-21(28(2)12-8-13(30)9-12)6-7-29(11-21)15-10-14(23)20(19(25)18(15)22)33(31,32)27-17-5-3-4-16(24)26-17/h3-5,10,12-13,30H,6-9,11H2,1-2H3,(H,26,27). The fraction of sp³-hybridized carbons (Fsp3) is 0.476. The topological polar surface area (TPSA) is 85.8 Å². The zero-order chi connectivity index (χ0) is 24.1. The second-order valence-corrected chi connectivity index (χ2v) is 10.8.